The Bertz CT molecular complexity index is 1100. The van der Waals surface area contributed by atoms with Crippen LogP contribution in [-0.2, 0) is 19.1 Å². The normalized spacial score (nSPS) is 30.8. The molecule has 9 heteroatoms. The molecule has 0 radical (unpaired) electrons. The summed E-state index contributed by atoms with van der Waals surface area (Å²) in [6.07, 6.45) is 8.85. The Morgan fingerprint density at radius 2 is 1.81 bits per heavy atom. The highest BCUT2D eigenvalue weighted by Gasteiger charge is 2.71. The van der Waals surface area contributed by atoms with Crippen molar-refractivity contribution in [2.45, 2.75) is 43.9 Å². The zero-order valence-electron chi connectivity index (χ0n) is 21.4. The first-order valence-electron chi connectivity index (χ1n) is 13.1. The van der Waals surface area contributed by atoms with Crippen LogP contribution in [0.2, 0.25) is 0 Å². The van der Waals surface area contributed by atoms with Crippen molar-refractivity contribution >= 4 is 23.4 Å². The number of aliphatic hydroxyl groups is 1. The molecular formula is C28H35N3O6. The molecule has 0 saturated carbocycles. The molecule has 9 nitrogen and oxygen atoms in total. The maximum absolute atomic E-state index is 14.2. The highest BCUT2D eigenvalue weighted by molar-refractivity contribution is 6.05. The van der Waals surface area contributed by atoms with Crippen LogP contribution in [0.1, 0.15) is 26.2 Å². The number of nitrogens with zero attached hydrogens (tertiary/aromatic N) is 3. The summed E-state index contributed by atoms with van der Waals surface area (Å²) in [5.74, 6) is -1.37. The molecule has 198 valence electrons. The number of amides is 3. The Labute approximate surface area is 217 Å². The number of carbonyl (C=O) groups excluding carboxylic acids is 3. The van der Waals surface area contributed by atoms with Gasteiger partial charge in [-0.05, 0) is 43.5 Å². The predicted molar refractivity (Wildman–Crippen MR) is 137 cm³/mol. The molecule has 4 aliphatic rings. The van der Waals surface area contributed by atoms with Gasteiger partial charge in [-0.25, -0.2) is 0 Å². The van der Waals surface area contributed by atoms with Crippen molar-refractivity contribution < 1.29 is 29.0 Å². The first kappa shape index (κ1) is 25.5. The Hall–Kier alpha value is -3.17. The molecule has 37 heavy (non-hydrogen) atoms. The lowest BCUT2D eigenvalue weighted by molar-refractivity contribution is -0.144. The van der Waals surface area contributed by atoms with Crippen molar-refractivity contribution in [1.82, 2.24) is 9.80 Å². The molecule has 2 fully saturated rings. The van der Waals surface area contributed by atoms with Gasteiger partial charge in [-0.15, -0.1) is 0 Å². The molecule has 4 heterocycles. The van der Waals surface area contributed by atoms with Crippen molar-refractivity contribution in [3.05, 3.63) is 48.6 Å². The van der Waals surface area contributed by atoms with Crippen molar-refractivity contribution in [2.75, 3.05) is 44.8 Å². The molecule has 1 unspecified atom stereocenters. The van der Waals surface area contributed by atoms with E-state index in [9.17, 15) is 19.5 Å². The van der Waals surface area contributed by atoms with E-state index in [1.807, 2.05) is 43.4 Å². The van der Waals surface area contributed by atoms with Gasteiger partial charge < -0.3 is 29.3 Å². The van der Waals surface area contributed by atoms with E-state index in [4.69, 9.17) is 9.47 Å². The van der Waals surface area contributed by atoms with Crippen molar-refractivity contribution in [2.24, 2.45) is 11.8 Å². The fraction of sp³-hybridized carbons (Fsp3) is 0.536. The average Bonchev–Trinajstić information content (AvgIpc) is 3.21. The second-order valence-corrected chi connectivity index (χ2v) is 10.1. The molecule has 5 atom stereocenters. The smallest absolute Gasteiger partial charge is 0.253 e. The molecule has 0 bridgehead atoms. The Morgan fingerprint density at radius 1 is 1.03 bits per heavy atom. The molecule has 3 amide bonds. The SMILES string of the molecule is CCCN1CC=C[C@H]2O[C@]34C=CCN(c5ccc(OC)cc5)C(=O)C3N(CCCCO)C(=O)[C@@H]4[C@H]2C1=O. The molecule has 1 aromatic rings. The van der Waals surface area contributed by atoms with E-state index < -0.39 is 29.6 Å². The average molecular weight is 510 g/mol. The third-order valence-corrected chi connectivity index (χ3v) is 7.93. The fourth-order valence-electron chi connectivity index (χ4n) is 6.29. The van der Waals surface area contributed by atoms with Gasteiger partial charge in [0.1, 0.15) is 17.4 Å². The summed E-state index contributed by atoms with van der Waals surface area (Å²) < 4.78 is 11.9. The zero-order valence-corrected chi connectivity index (χ0v) is 21.4. The van der Waals surface area contributed by atoms with Crippen LogP contribution >= 0.6 is 0 Å². The van der Waals surface area contributed by atoms with Gasteiger partial charge in [0.05, 0.1) is 25.0 Å². The van der Waals surface area contributed by atoms with Crippen LogP contribution < -0.4 is 9.64 Å². The molecule has 5 rings (SSSR count). The number of unbranched alkanes of at least 4 members (excludes halogenated alkanes) is 1. The second-order valence-electron chi connectivity index (χ2n) is 10.1. The van der Waals surface area contributed by atoms with Crippen LogP contribution in [0.5, 0.6) is 5.75 Å². The van der Waals surface area contributed by atoms with Gasteiger partial charge in [0.25, 0.3) is 5.91 Å². The minimum Gasteiger partial charge on any atom is -0.497 e. The topological polar surface area (TPSA) is 99.6 Å². The molecule has 0 aromatic heterocycles. The van der Waals surface area contributed by atoms with Crippen LogP contribution in [0.25, 0.3) is 0 Å². The molecule has 2 saturated heterocycles. The number of ether oxygens (including phenoxy) is 2. The Balaban J connectivity index is 1.56. The largest absolute Gasteiger partial charge is 0.497 e. The van der Waals surface area contributed by atoms with Crippen LogP contribution in [0.15, 0.2) is 48.6 Å². The van der Waals surface area contributed by atoms with E-state index in [1.165, 1.54) is 0 Å². The molecule has 1 N–H and O–H groups in total. The monoisotopic (exact) mass is 509 g/mol. The Morgan fingerprint density at radius 3 is 2.51 bits per heavy atom. The standard InChI is InChI=1S/C28H35N3O6/c1-3-14-29-15-6-8-21-22(25(29)33)23-26(34)31(16-4-5-18-32)24-27(35)30(17-7-13-28(23,24)37-21)19-9-11-20(36-2)12-10-19/h6-13,21-24,32H,3-5,14-18H2,1-2H3/t21-,22+,23+,24?,28+/m1/s1. The lowest BCUT2D eigenvalue weighted by Crippen LogP contribution is -2.55. The van der Waals surface area contributed by atoms with Gasteiger partial charge >= 0.3 is 0 Å². The minimum absolute atomic E-state index is 0.00352. The van der Waals surface area contributed by atoms with Crippen LogP contribution in [0, 0.1) is 11.8 Å². The lowest BCUT2D eigenvalue weighted by atomic mass is 9.77. The number of anilines is 1. The number of aliphatic hydroxyl groups excluding tert-OH is 1. The highest BCUT2D eigenvalue weighted by Crippen LogP contribution is 2.53. The van der Waals surface area contributed by atoms with Gasteiger partial charge in [-0.2, -0.15) is 0 Å². The van der Waals surface area contributed by atoms with E-state index in [-0.39, 0.29) is 24.3 Å². The maximum atomic E-state index is 14.2. The number of hydrogen-bond donors (Lipinski definition) is 1. The van der Waals surface area contributed by atoms with Gasteiger partial charge in [-0.3, -0.25) is 14.4 Å². The molecule has 4 aliphatic heterocycles. The molecule has 1 aromatic carbocycles. The lowest BCUT2D eigenvalue weighted by Gasteiger charge is -2.35. The van der Waals surface area contributed by atoms with E-state index in [2.05, 4.69) is 0 Å². The second kappa shape index (κ2) is 10.3. The molecule has 1 spiro atoms. The van der Waals surface area contributed by atoms with Crippen molar-refractivity contribution in [1.29, 1.82) is 0 Å². The first-order valence-corrected chi connectivity index (χ1v) is 13.1. The third kappa shape index (κ3) is 4.14. The fourth-order valence-corrected chi connectivity index (χ4v) is 6.29. The van der Waals surface area contributed by atoms with E-state index in [0.717, 1.165) is 6.42 Å². The molecular weight excluding hydrogens is 474 g/mol. The summed E-state index contributed by atoms with van der Waals surface area (Å²) in [5, 5.41) is 9.35. The van der Waals surface area contributed by atoms with Crippen molar-refractivity contribution in [3.63, 3.8) is 0 Å². The van der Waals surface area contributed by atoms with Crippen LogP contribution in [0.3, 0.4) is 0 Å². The Kier molecular flexibility index (Phi) is 7.09. The van der Waals surface area contributed by atoms with Crippen LogP contribution in [0.4, 0.5) is 5.69 Å². The minimum atomic E-state index is -1.24. The summed E-state index contributed by atoms with van der Waals surface area (Å²) in [6.45, 7) is 3.74. The number of rotatable bonds is 8. The van der Waals surface area contributed by atoms with Gasteiger partial charge in [0.2, 0.25) is 11.8 Å². The molecule has 0 aliphatic carbocycles. The predicted octanol–water partition coefficient (Wildman–Crippen LogP) is 1.76. The van der Waals surface area contributed by atoms with Gasteiger partial charge in [-0.1, -0.05) is 31.2 Å². The number of benzene rings is 1. The zero-order chi connectivity index (χ0) is 26.2. The third-order valence-electron chi connectivity index (χ3n) is 7.93. The quantitative estimate of drug-likeness (QED) is 0.424. The van der Waals surface area contributed by atoms with E-state index >= 15 is 0 Å². The number of fused-ring (bicyclic) bond motifs is 2. The number of methoxy groups -OCH3 is 1. The first-order chi connectivity index (χ1) is 18.0. The van der Waals surface area contributed by atoms with Gasteiger partial charge in [0, 0.05) is 38.5 Å². The summed E-state index contributed by atoms with van der Waals surface area (Å²) in [5.41, 5.74) is -0.546. The van der Waals surface area contributed by atoms with E-state index in [1.54, 1.807) is 33.9 Å². The summed E-state index contributed by atoms with van der Waals surface area (Å²) in [7, 11) is 1.59. The van der Waals surface area contributed by atoms with Crippen LogP contribution in [-0.4, -0.2) is 90.3 Å². The maximum Gasteiger partial charge on any atom is 0.253 e. The van der Waals surface area contributed by atoms with Gasteiger partial charge in [0.15, 0.2) is 0 Å². The van der Waals surface area contributed by atoms with Crippen molar-refractivity contribution in [3.8, 4) is 5.75 Å². The summed E-state index contributed by atoms with van der Waals surface area (Å²) in [6, 6.07) is 6.33. The highest BCUT2D eigenvalue weighted by atomic mass is 16.5. The summed E-state index contributed by atoms with van der Waals surface area (Å²) >= 11 is 0. The number of carbonyl (C=O) groups is 3. The number of hydrogen-bond acceptors (Lipinski definition) is 6. The summed E-state index contributed by atoms with van der Waals surface area (Å²) in [4.78, 5) is 47.1. The number of likely N-dealkylation sites (tertiary alicyclic amines) is 1. The van der Waals surface area contributed by atoms with E-state index in [0.29, 0.717) is 50.5 Å².